The molecule has 0 radical (unpaired) electrons. The summed E-state index contributed by atoms with van der Waals surface area (Å²) in [5.74, 6) is -5.89. The van der Waals surface area contributed by atoms with Crippen molar-refractivity contribution in [3.05, 3.63) is 35.9 Å². The first-order valence-electron chi connectivity index (χ1n) is 10.8. The second-order valence-corrected chi connectivity index (χ2v) is 8.96. The van der Waals surface area contributed by atoms with Crippen LogP contribution in [0.5, 0.6) is 0 Å². The van der Waals surface area contributed by atoms with Gasteiger partial charge in [-0.1, -0.05) is 30.3 Å². The van der Waals surface area contributed by atoms with E-state index in [9.17, 15) is 29.1 Å². The van der Waals surface area contributed by atoms with Crippen molar-refractivity contribution < 1.29 is 38.6 Å². The van der Waals surface area contributed by atoms with Crippen LogP contribution in [0.3, 0.4) is 0 Å². The van der Waals surface area contributed by atoms with Gasteiger partial charge in [0, 0.05) is 13.1 Å². The largest absolute Gasteiger partial charge is 0.481 e. The molecule has 186 valence electrons. The van der Waals surface area contributed by atoms with Gasteiger partial charge in [0.25, 0.3) is 5.91 Å². The number of hydrogen-bond donors (Lipinski definition) is 2. The minimum absolute atomic E-state index is 0.134. The Morgan fingerprint density at radius 3 is 2.29 bits per heavy atom. The highest BCUT2D eigenvalue weighted by atomic mass is 16.6. The standard InChI is InChI=1S/C23H31N3O8/c1-15(19(29)30)23(17(27)12-24)20(31)25(13-18(28)34-22(2,3)4)10-11-26(23)21(32)33-14-16-8-6-5-7-9-16/h5-9,15H,10-14,24H2,1-4H3,(H,29,30). The lowest BCUT2D eigenvalue weighted by molar-refractivity contribution is -0.173. The molecule has 34 heavy (non-hydrogen) atoms. The normalized spacial score (nSPS) is 19.4. The molecular formula is C23H31N3O8. The molecule has 1 aromatic carbocycles. The third-order valence-corrected chi connectivity index (χ3v) is 5.41. The zero-order chi connectivity index (χ0) is 25.7. The molecule has 1 aliphatic heterocycles. The molecule has 11 nitrogen and oxygen atoms in total. The smallest absolute Gasteiger partial charge is 0.411 e. The van der Waals surface area contributed by atoms with E-state index in [1.54, 1.807) is 51.1 Å². The maximum Gasteiger partial charge on any atom is 0.411 e. The van der Waals surface area contributed by atoms with Crippen molar-refractivity contribution in [3.8, 4) is 0 Å². The highest BCUT2D eigenvalue weighted by Crippen LogP contribution is 2.33. The monoisotopic (exact) mass is 477 g/mol. The number of nitrogens with zero attached hydrogens (tertiary/aromatic N) is 2. The number of esters is 1. The van der Waals surface area contributed by atoms with Crippen molar-refractivity contribution in [2.45, 2.75) is 45.4 Å². The Morgan fingerprint density at radius 2 is 1.76 bits per heavy atom. The van der Waals surface area contributed by atoms with Crippen LogP contribution in [0, 0.1) is 5.92 Å². The number of carbonyl (C=O) groups is 5. The van der Waals surface area contributed by atoms with Gasteiger partial charge >= 0.3 is 18.0 Å². The van der Waals surface area contributed by atoms with E-state index in [0.717, 1.165) is 16.7 Å². The number of amides is 2. The number of rotatable bonds is 8. The van der Waals surface area contributed by atoms with Crippen LogP contribution in [0.2, 0.25) is 0 Å². The molecule has 11 heteroatoms. The van der Waals surface area contributed by atoms with Gasteiger partial charge in [-0.25, -0.2) is 4.79 Å². The first kappa shape index (κ1) is 26.8. The van der Waals surface area contributed by atoms with Gasteiger partial charge < -0.3 is 25.2 Å². The maximum absolute atomic E-state index is 13.6. The minimum atomic E-state index is -2.48. The third kappa shape index (κ3) is 5.71. The topological polar surface area (TPSA) is 157 Å². The molecular weight excluding hydrogens is 446 g/mol. The summed E-state index contributed by atoms with van der Waals surface area (Å²) in [5, 5.41) is 9.76. The SMILES string of the molecule is CC(C(=O)O)C1(C(=O)CN)C(=O)N(CC(=O)OC(C)(C)C)CCN1C(=O)OCc1ccccc1. The Bertz CT molecular complexity index is 943. The summed E-state index contributed by atoms with van der Waals surface area (Å²) in [5.41, 5.74) is 2.93. The number of benzene rings is 1. The minimum Gasteiger partial charge on any atom is -0.481 e. The van der Waals surface area contributed by atoms with E-state index in [0.29, 0.717) is 5.56 Å². The molecule has 2 amide bonds. The fourth-order valence-electron chi connectivity index (χ4n) is 3.83. The van der Waals surface area contributed by atoms with E-state index in [-0.39, 0.29) is 19.7 Å². The third-order valence-electron chi connectivity index (χ3n) is 5.41. The zero-order valence-electron chi connectivity index (χ0n) is 19.8. The molecule has 0 bridgehead atoms. The number of Topliss-reactive ketones (excluding diaryl/α,β-unsaturated/α-hetero) is 1. The van der Waals surface area contributed by atoms with Crippen LogP contribution in [-0.2, 0) is 35.3 Å². The van der Waals surface area contributed by atoms with Crippen molar-refractivity contribution in [2.75, 3.05) is 26.2 Å². The summed E-state index contributed by atoms with van der Waals surface area (Å²) < 4.78 is 10.6. The quantitative estimate of drug-likeness (QED) is 0.408. The number of carbonyl (C=O) groups excluding carboxylic acids is 4. The number of piperazine rings is 1. The lowest BCUT2D eigenvalue weighted by Crippen LogP contribution is -2.75. The molecule has 0 spiro atoms. The van der Waals surface area contributed by atoms with E-state index >= 15 is 0 Å². The van der Waals surface area contributed by atoms with Crippen LogP contribution in [0.1, 0.15) is 33.3 Å². The highest BCUT2D eigenvalue weighted by Gasteiger charge is 2.62. The average Bonchev–Trinajstić information content (AvgIpc) is 2.77. The second-order valence-electron chi connectivity index (χ2n) is 8.96. The molecule has 2 atom stereocenters. The molecule has 1 fully saturated rings. The molecule has 1 saturated heterocycles. The summed E-state index contributed by atoms with van der Waals surface area (Å²) >= 11 is 0. The number of ketones is 1. The Hall–Kier alpha value is -3.47. The van der Waals surface area contributed by atoms with Crippen molar-refractivity contribution in [3.63, 3.8) is 0 Å². The Morgan fingerprint density at radius 1 is 1.15 bits per heavy atom. The predicted octanol–water partition coefficient (Wildman–Crippen LogP) is 0.796. The molecule has 1 aromatic rings. The van der Waals surface area contributed by atoms with E-state index in [2.05, 4.69) is 0 Å². The fourth-order valence-corrected chi connectivity index (χ4v) is 3.83. The van der Waals surface area contributed by atoms with Crippen LogP contribution in [0.25, 0.3) is 0 Å². The molecule has 1 heterocycles. The molecule has 1 aliphatic rings. The number of nitrogens with two attached hydrogens (primary N) is 1. The van der Waals surface area contributed by atoms with Gasteiger partial charge in [0.15, 0.2) is 11.3 Å². The lowest BCUT2D eigenvalue weighted by atomic mass is 9.76. The van der Waals surface area contributed by atoms with Crippen LogP contribution >= 0.6 is 0 Å². The average molecular weight is 478 g/mol. The molecule has 0 aromatic heterocycles. The molecule has 2 rings (SSSR count). The fraction of sp³-hybridized carbons (Fsp3) is 0.522. The van der Waals surface area contributed by atoms with Crippen molar-refractivity contribution in [2.24, 2.45) is 11.7 Å². The Balaban J connectivity index is 2.42. The lowest BCUT2D eigenvalue weighted by Gasteiger charge is -2.49. The van der Waals surface area contributed by atoms with Crippen molar-refractivity contribution in [1.29, 1.82) is 0 Å². The summed E-state index contributed by atoms with van der Waals surface area (Å²) in [6.07, 6.45) is -1.04. The summed E-state index contributed by atoms with van der Waals surface area (Å²) in [7, 11) is 0. The summed E-state index contributed by atoms with van der Waals surface area (Å²) in [4.78, 5) is 65.9. The Labute approximate surface area is 197 Å². The number of carboxylic acid groups (broad SMARTS) is 1. The molecule has 3 N–H and O–H groups in total. The predicted molar refractivity (Wildman–Crippen MR) is 119 cm³/mol. The van der Waals surface area contributed by atoms with Gasteiger partial charge in [0.1, 0.15) is 18.8 Å². The van der Waals surface area contributed by atoms with E-state index < -0.39 is 59.9 Å². The first-order chi connectivity index (χ1) is 15.8. The summed E-state index contributed by atoms with van der Waals surface area (Å²) in [6, 6.07) is 8.71. The van der Waals surface area contributed by atoms with E-state index in [1.165, 1.54) is 0 Å². The molecule has 0 aliphatic carbocycles. The van der Waals surface area contributed by atoms with E-state index in [4.69, 9.17) is 15.2 Å². The second kappa shape index (κ2) is 10.6. The van der Waals surface area contributed by atoms with Gasteiger partial charge in [-0.15, -0.1) is 0 Å². The number of ether oxygens (including phenoxy) is 2. The van der Waals surface area contributed by atoms with Gasteiger partial charge in [0.05, 0.1) is 12.5 Å². The van der Waals surface area contributed by atoms with Gasteiger partial charge in [-0.05, 0) is 33.3 Å². The summed E-state index contributed by atoms with van der Waals surface area (Å²) in [6.45, 7) is 4.35. The molecule has 2 unspecified atom stereocenters. The zero-order valence-corrected chi connectivity index (χ0v) is 19.8. The van der Waals surface area contributed by atoms with E-state index in [1.807, 2.05) is 0 Å². The van der Waals surface area contributed by atoms with Crippen LogP contribution < -0.4 is 5.73 Å². The van der Waals surface area contributed by atoms with Crippen molar-refractivity contribution in [1.82, 2.24) is 9.80 Å². The van der Waals surface area contributed by atoms with Crippen LogP contribution in [0.15, 0.2) is 30.3 Å². The van der Waals surface area contributed by atoms with Gasteiger partial charge in [-0.3, -0.25) is 24.1 Å². The maximum atomic E-state index is 13.6. The van der Waals surface area contributed by atoms with Gasteiger partial charge in [-0.2, -0.15) is 0 Å². The Kier molecular flexibility index (Phi) is 8.38. The van der Waals surface area contributed by atoms with Gasteiger partial charge in [0.2, 0.25) is 0 Å². The number of aliphatic carboxylic acids is 1. The van der Waals surface area contributed by atoms with Crippen LogP contribution in [0.4, 0.5) is 4.79 Å². The molecule has 0 saturated carbocycles. The number of hydrogen-bond acceptors (Lipinski definition) is 8. The van der Waals surface area contributed by atoms with Crippen LogP contribution in [-0.4, -0.2) is 81.9 Å². The van der Waals surface area contributed by atoms with Crippen molar-refractivity contribution >= 4 is 29.7 Å². The number of carboxylic acids is 1. The first-order valence-corrected chi connectivity index (χ1v) is 10.8. The highest BCUT2D eigenvalue weighted by molar-refractivity contribution is 6.16.